The van der Waals surface area contributed by atoms with E-state index in [2.05, 4.69) is 37.1 Å². The molecule has 0 saturated heterocycles. The van der Waals surface area contributed by atoms with E-state index in [9.17, 15) is 4.79 Å². The number of hydrogen-bond acceptors (Lipinski definition) is 2. The van der Waals surface area contributed by atoms with Gasteiger partial charge in [-0.15, -0.1) is 0 Å². The van der Waals surface area contributed by atoms with Crippen LogP contribution in [0.25, 0.3) is 0 Å². The maximum Gasteiger partial charge on any atom is 0.230 e. The Labute approximate surface area is 108 Å². The molecule has 0 radical (unpaired) electrons. The average molecular weight is 244 g/mol. The SMILES string of the molecule is CC1CC1C(=O)N1CCN(C)Cc2ccccc21. The second-order valence-electron chi connectivity index (χ2n) is 5.68. The minimum atomic E-state index is 0.265. The average Bonchev–Trinajstić information content (AvgIpc) is 3.10. The molecule has 1 aromatic carbocycles. The number of hydrogen-bond donors (Lipinski definition) is 0. The van der Waals surface area contributed by atoms with Crippen molar-refractivity contribution in [3.8, 4) is 0 Å². The third kappa shape index (κ3) is 2.03. The summed E-state index contributed by atoms with van der Waals surface area (Å²) in [6, 6.07) is 8.30. The molecule has 1 aromatic rings. The van der Waals surface area contributed by atoms with Crippen LogP contribution in [0.3, 0.4) is 0 Å². The highest BCUT2D eigenvalue weighted by atomic mass is 16.2. The summed E-state index contributed by atoms with van der Waals surface area (Å²) in [6.45, 7) is 4.86. The summed E-state index contributed by atoms with van der Waals surface area (Å²) in [5.41, 5.74) is 2.38. The Bertz CT molecular complexity index is 471. The number of benzene rings is 1. The van der Waals surface area contributed by atoms with Gasteiger partial charge in [-0.05, 0) is 31.0 Å². The molecule has 3 heteroatoms. The van der Waals surface area contributed by atoms with Crippen LogP contribution >= 0.6 is 0 Å². The molecule has 1 fully saturated rings. The van der Waals surface area contributed by atoms with Gasteiger partial charge in [-0.3, -0.25) is 4.79 Å². The highest BCUT2D eigenvalue weighted by Crippen LogP contribution is 2.40. The van der Waals surface area contributed by atoms with Crippen molar-refractivity contribution in [2.45, 2.75) is 19.9 Å². The van der Waals surface area contributed by atoms with E-state index in [1.165, 1.54) is 5.56 Å². The first-order chi connectivity index (χ1) is 8.66. The number of amides is 1. The molecule has 1 heterocycles. The Kier molecular flexibility index (Phi) is 2.86. The van der Waals surface area contributed by atoms with Crippen molar-refractivity contribution in [2.75, 3.05) is 25.0 Å². The largest absolute Gasteiger partial charge is 0.311 e. The lowest BCUT2D eigenvalue weighted by molar-refractivity contribution is -0.120. The molecular weight excluding hydrogens is 224 g/mol. The Morgan fingerprint density at radius 2 is 2.00 bits per heavy atom. The van der Waals surface area contributed by atoms with Crippen LogP contribution in [0.15, 0.2) is 24.3 Å². The smallest absolute Gasteiger partial charge is 0.230 e. The summed E-state index contributed by atoms with van der Waals surface area (Å²) in [5.74, 6) is 1.16. The Balaban J connectivity index is 1.92. The Morgan fingerprint density at radius 1 is 1.28 bits per heavy atom. The first-order valence-corrected chi connectivity index (χ1v) is 6.74. The molecular formula is C15H20N2O. The van der Waals surface area contributed by atoms with Crippen LogP contribution in [0, 0.1) is 11.8 Å². The van der Waals surface area contributed by atoms with Gasteiger partial charge >= 0.3 is 0 Å². The third-order valence-corrected chi connectivity index (χ3v) is 4.12. The highest BCUT2D eigenvalue weighted by Gasteiger charge is 2.42. The van der Waals surface area contributed by atoms with E-state index in [-0.39, 0.29) is 5.92 Å². The van der Waals surface area contributed by atoms with E-state index in [0.29, 0.717) is 11.8 Å². The molecule has 18 heavy (non-hydrogen) atoms. The van der Waals surface area contributed by atoms with Crippen molar-refractivity contribution in [1.82, 2.24) is 4.90 Å². The molecule has 1 aliphatic heterocycles. The zero-order valence-corrected chi connectivity index (χ0v) is 11.1. The molecule has 0 aromatic heterocycles. The van der Waals surface area contributed by atoms with Gasteiger partial charge in [0, 0.05) is 31.2 Å². The number of para-hydroxylation sites is 1. The van der Waals surface area contributed by atoms with Gasteiger partial charge in [0.15, 0.2) is 0 Å². The molecule has 3 rings (SSSR count). The van der Waals surface area contributed by atoms with Gasteiger partial charge in [0.2, 0.25) is 5.91 Å². The molecule has 2 atom stereocenters. The van der Waals surface area contributed by atoms with Gasteiger partial charge in [0.05, 0.1) is 0 Å². The summed E-state index contributed by atoms with van der Waals surface area (Å²) in [5, 5.41) is 0. The maximum atomic E-state index is 12.5. The van der Waals surface area contributed by atoms with Gasteiger partial charge in [-0.2, -0.15) is 0 Å². The van der Waals surface area contributed by atoms with Crippen LogP contribution in [0.2, 0.25) is 0 Å². The number of carbonyl (C=O) groups excluding carboxylic acids is 1. The fourth-order valence-electron chi connectivity index (χ4n) is 2.76. The zero-order valence-electron chi connectivity index (χ0n) is 11.1. The van der Waals surface area contributed by atoms with Crippen molar-refractivity contribution >= 4 is 11.6 Å². The number of nitrogens with zero attached hydrogens (tertiary/aromatic N) is 2. The van der Waals surface area contributed by atoms with Crippen molar-refractivity contribution in [1.29, 1.82) is 0 Å². The molecule has 1 amide bonds. The zero-order chi connectivity index (χ0) is 12.7. The topological polar surface area (TPSA) is 23.6 Å². The van der Waals surface area contributed by atoms with Gasteiger partial charge in [0.1, 0.15) is 0 Å². The minimum Gasteiger partial charge on any atom is -0.311 e. The van der Waals surface area contributed by atoms with Gasteiger partial charge in [0.25, 0.3) is 0 Å². The lowest BCUT2D eigenvalue weighted by atomic mass is 10.1. The van der Waals surface area contributed by atoms with Crippen LogP contribution in [0.4, 0.5) is 5.69 Å². The van der Waals surface area contributed by atoms with Gasteiger partial charge in [-0.25, -0.2) is 0 Å². The third-order valence-electron chi connectivity index (χ3n) is 4.12. The number of carbonyl (C=O) groups is 1. The standard InChI is InChI=1S/C15H20N2O/c1-11-9-13(11)15(18)17-8-7-16(2)10-12-5-3-4-6-14(12)17/h3-6,11,13H,7-10H2,1-2H3. The van der Waals surface area contributed by atoms with E-state index >= 15 is 0 Å². The quantitative estimate of drug-likeness (QED) is 0.755. The Hall–Kier alpha value is -1.35. The number of fused-ring (bicyclic) bond motifs is 1. The van der Waals surface area contributed by atoms with Crippen molar-refractivity contribution in [2.24, 2.45) is 11.8 Å². The number of anilines is 1. The maximum absolute atomic E-state index is 12.5. The lowest BCUT2D eigenvalue weighted by Crippen LogP contribution is -2.36. The van der Waals surface area contributed by atoms with E-state index in [1.54, 1.807) is 0 Å². The molecule has 2 aliphatic rings. The second-order valence-corrected chi connectivity index (χ2v) is 5.68. The molecule has 2 unspecified atom stereocenters. The lowest BCUT2D eigenvalue weighted by Gasteiger charge is -2.22. The number of rotatable bonds is 1. The normalized spacial score (nSPS) is 27.6. The van der Waals surface area contributed by atoms with Crippen molar-refractivity contribution < 1.29 is 4.79 Å². The molecule has 0 N–H and O–H groups in total. The first-order valence-electron chi connectivity index (χ1n) is 6.74. The number of likely N-dealkylation sites (N-methyl/N-ethyl adjacent to an activating group) is 1. The summed E-state index contributed by atoms with van der Waals surface area (Å²) in [6.07, 6.45) is 1.06. The fourth-order valence-corrected chi connectivity index (χ4v) is 2.76. The minimum absolute atomic E-state index is 0.265. The van der Waals surface area contributed by atoms with E-state index < -0.39 is 0 Å². The molecule has 0 spiro atoms. The fraction of sp³-hybridized carbons (Fsp3) is 0.533. The van der Waals surface area contributed by atoms with E-state index in [4.69, 9.17) is 0 Å². The van der Waals surface area contributed by atoms with Crippen LogP contribution in [-0.2, 0) is 11.3 Å². The monoisotopic (exact) mass is 244 g/mol. The molecule has 1 aliphatic carbocycles. The molecule has 96 valence electrons. The molecule has 3 nitrogen and oxygen atoms in total. The second kappa shape index (κ2) is 4.39. The first kappa shape index (κ1) is 11.7. The summed E-state index contributed by atoms with van der Waals surface area (Å²) in [4.78, 5) is 16.8. The molecule has 1 saturated carbocycles. The van der Waals surface area contributed by atoms with Crippen molar-refractivity contribution in [3.63, 3.8) is 0 Å². The van der Waals surface area contributed by atoms with Gasteiger partial charge in [-0.1, -0.05) is 25.1 Å². The Morgan fingerprint density at radius 3 is 2.72 bits per heavy atom. The van der Waals surface area contributed by atoms with Crippen LogP contribution in [-0.4, -0.2) is 30.9 Å². The van der Waals surface area contributed by atoms with E-state index in [1.807, 2.05) is 11.0 Å². The summed E-state index contributed by atoms with van der Waals surface area (Å²) >= 11 is 0. The van der Waals surface area contributed by atoms with Crippen LogP contribution in [0.1, 0.15) is 18.9 Å². The van der Waals surface area contributed by atoms with Crippen molar-refractivity contribution in [3.05, 3.63) is 29.8 Å². The highest BCUT2D eigenvalue weighted by molar-refractivity contribution is 5.97. The van der Waals surface area contributed by atoms with Gasteiger partial charge < -0.3 is 9.80 Å². The predicted molar refractivity (Wildman–Crippen MR) is 72.4 cm³/mol. The van der Waals surface area contributed by atoms with Crippen LogP contribution < -0.4 is 4.90 Å². The van der Waals surface area contributed by atoms with Crippen LogP contribution in [0.5, 0.6) is 0 Å². The summed E-state index contributed by atoms with van der Waals surface area (Å²) in [7, 11) is 2.12. The summed E-state index contributed by atoms with van der Waals surface area (Å²) < 4.78 is 0. The van der Waals surface area contributed by atoms with E-state index in [0.717, 1.165) is 31.7 Å². The predicted octanol–water partition coefficient (Wildman–Crippen LogP) is 2.12. The molecule has 0 bridgehead atoms.